The smallest absolute Gasteiger partial charge is 0.0991 e. The number of hydrogen-bond acceptors (Lipinski definition) is 4. The molecule has 298 valence electrons. The predicted octanol–water partition coefficient (Wildman–Crippen LogP) is 14.3. The van der Waals surface area contributed by atoms with Gasteiger partial charge in [-0.3, -0.25) is 15.0 Å². The maximum Gasteiger partial charge on any atom is 0.0991 e. The van der Waals surface area contributed by atoms with Crippen molar-refractivity contribution >= 4 is 43.6 Å². The molecule has 5 heterocycles. The number of aromatic nitrogens is 5. The van der Waals surface area contributed by atoms with Crippen molar-refractivity contribution in [2.75, 3.05) is 0 Å². The lowest BCUT2D eigenvalue weighted by Crippen LogP contribution is -2.05. The molecule has 64 heavy (non-hydrogen) atoms. The molecule has 0 spiro atoms. The first-order valence-corrected chi connectivity index (χ1v) is 21.3. The molecule has 0 fully saturated rings. The molecule has 0 radical (unpaired) electrons. The minimum atomic E-state index is 0.597. The summed E-state index contributed by atoms with van der Waals surface area (Å²) < 4.78 is 4.72. The number of fused-ring (bicyclic) bond motifs is 6. The molecule has 12 aromatic rings. The summed E-state index contributed by atoms with van der Waals surface area (Å²) in [5.41, 5.74) is 16.8. The van der Waals surface area contributed by atoms with Crippen molar-refractivity contribution in [3.8, 4) is 73.3 Å². The van der Waals surface area contributed by atoms with E-state index in [0.29, 0.717) is 5.56 Å². The second-order valence-electron chi connectivity index (χ2n) is 15.9. The number of nitriles is 1. The fourth-order valence-electron chi connectivity index (χ4n) is 9.51. The molecule has 0 aliphatic carbocycles. The van der Waals surface area contributed by atoms with Crippen LogP contribution in [0.1, 0.15) is 5.56 Å². The quantitative estimate of drug-likeness (QED) is 0.161. The SMILES string of the molecule is N#Cc1ccc(-c2c(-n3c4ccccc4c4ccc(-c5cccnc5-c5ccccc5)cc43)cncc2-n2c3ccccc3c3ccc(-c4cccnc4-c4ccccc4)cc32)cc1. The Bertz CT molecular complexity index is 3560. The van der Waals surface area contributed by atoms with Gasteiger partial charge in [0, 0.05) is 61.8 Å². The van der Waals surface area contributed by atoms with Crippen LogP contribution in [0.25, 0.3) is 111 Å². The van der Waals surface area contributed by atoms with E-state index in [9.17, 15) is 5.26 Å². The third kappa shape index (κ3) is 5.99. The molecule has 0 unspecified atom stereocenters. The Kier molecular flexibility index (Phi) is 8.77. The van der Waals surface area contributed by atoms with Crippen LogP contribution in [0.5, 0.6) is 0 Å². The van der Waals surface area contributed by atoms with Gasteiger partial charge in [0.1, 0.15) is 0 Å². The van der Waals surface area contributed by atoms with Gasteiger partial charge in [0.15, 0.2) is 0 Å². The molecule has 0 atom stereocenters. The van der Waals surface area contributed by atoms with Crippen molar-refractivity contribution in [3.05, 3.63) is 224 Å². The molecule has 0 aliphatic heterocycles. The summed E-state index contributed by atoms with van der Waals surface area (Å²) >= 11 is 0. The van der Waals surface area contributed by atoms with Crippen molar-refractivity contribution in [1.82, 2.24) is 24.1 Å². The fraction of sp³-hybridized carbons (Fsp3) is 0. The Morgan fingerprint density at radius 1 is 0.375 bits per heavy atom. The first-order valence-electron chi connectivity index (χ1n) is 21.3. The van der Waals surface area contributed by atoms with E-state index in [0.717, 1.165) is 111 Å². The molecule has 5 aromatic heterocycles. The van der Waals surface area contributed by atoms with Gasteiger partial charge in [0.25, 0.3) is 0 Å². The van der Waals surface area contributed by atoms with E-state index >= 15 is 0 Å². The topological polar surface area (TPSA) is 72.3 Å². The van der Waals surface area contributed by atoms with Crippen LogP contribution in [0.4, 0.5) is 0 Å². The van der Waals surface area contributed by atoms with E-state index in [2.05, 4.69) is 173 Å². The summed E-state index contributed by atoms with van der Waals surface area (Å²) in [5.74, 6) is 0. The zero-order chi connectivity index (χ0) is 42.6. The normalized spacial score (nSPS) is 11.4. The Labute approximate surface area is 369 Å². The van der Waals surface area contributed by atoms with Crippen molar-refractivity contribution in [3.63, 3.8) is 0 Å². The molecule has 12 rings (SSSR count). The zero-order valence-electron chi connectivity index (χ0n) is 34.5. The molecule has 6 heteroatoms. The molecule has 7 aromatic carbocycles. The maximum absolute atomic E-state index is 9.93. The Morgan fingerprint density at radius 3 is 1.30 bits per heavy atom. The average molecular weight is 817 g/mol. The lowest BCUT2D eigenvalue weighted by Gasteiger charge is -2.20. The average Bonchev–Trinajstić information content (AvgIpc) is 3.88. The van der Waals surface area contributed by atoms with E-state index in [-0.39, 0.29) is 0 Å². The summed E-state index contributed by atoms with van der Waals surface area (Å²) in [5, 5.41) is 14.5. The maximum atomic E-state index is 9.93. The highest BCUT2D eigenvalue weighted by Gasteiger charge is 2.24. The van der Waals surface area contributed by atoms with E-state index in [4.69, 9.17) is 15.0 Å². The van der Waals surface area contributed by atoms with Crippen LogP contribution < -0.4 is 0 Å². The van der Waals surface area contributed by atoms with Gasteiger partial charge in [-0.25, -0.2) is 0 Å². The van der Waals surface area contributed by atoms with E-state index in [1.54, 1.807) is 0 Å². The van der Waals surface area contributed by atoms with Gasteiger partial charge in [0.05, 0.1) is 68.9 Å². The second-order valence-corrected chi connectivity index (χ2v) is 15.9. The van der Waals surface area contributed by atoms with Crippen molar-refractivity contribution in [2.24, 2.45) is 0 Å². The fourth-order valence-corrected chi connectivity index (χ4v) is 9.51. The molecule has 0 saturated heterocycles. The van der Waals surface area contributed by atoms with Crippen LogP contribution in [-0.2, 0) is 0 Å². The summed E-state index contributed by atoms with van der Waals surface area (Å²) in [6.45, 7) is 0. The number of pyridine rings is 3. The van der Waals surface area contributed by atoms with Crippen LogP contribution >= 0.6 is 0 Å². The summed E-state index contributed by atoms with van der Waals surface area (Å²) in [7, 11) is 0. The molecule has 6 nitrogen and oxygen atoms in total. The van der Waals surface area contributed by atoms with Gasteiger partial charge in [0.2, 0.25) is 0 Å². The van der Waals surface area contributed by atoms with E-state index in [1.165, 1.54) is 0 Å². The number of hydrogen-bond donors (Lipinski definition) is 0. The van der Waals surface area contributed by atoms with Crippen LogP contribution in [-0.4, -0.2) is 24.1 Å². The summed E-state index contributed by atoms with van der Waals surface area (Å²) in [6.07, 6.45) is 7.68. The van der Waals surface area contributed by atoms with Gasteiger partial charge < -0.3 is 9.13 Å². The second kappa shape index (κ2) is 15.2. The molecule has 0 saturated carbocycles. The van der Waals surface area contributed by atoms with E-state index in [1.807, 2.05) is 61.2 Å². The van der Waals surface area contributed by atoms with Crippen LogP contribution in [0.3, 0.4) is 0 Å². The highest BCUT2D eigenvalue weighted by atomic mass is 15.0. The van der Waals surface area contributed by atoms with E-state index < -0.39 is 0 Å². The number of nitrogens with zero attached hydrogens (tertiary/aromatic N) is 6. The summed E-state index contributed by atoms with van der Waals surface area (Å²) in [6, 6.07) is 69.9. The molecule has 0 N–H and O–H groups in total. The third-order valence-corrected chi connectivity index (χ3v) is 12.4. The first-order chi connectivity index (χ1) is 31.7. The van der Waals surface area contributed by atoms with Gasteiger partial charge >= 0.3 is 0 Å². The van der Waals surface area contributed by atoms with Crippen LogP contribution in [0.15, 0.2) is 219 Å². The highest BCUT2D eigenvalue weighted by molar-refractivity contribution is 6.13. The summed E-state index contributed by atoms with van der Waals surface area (Å²) in [4.78, 5) is 14.9. The lowest BCUT2D eigenvalue weighted by atomic mass is 9.98. The van der Waals surface area contributed by atoms with Gasteiger partial charge in [-0.05, 0) is 65.2 Å². The standard InChI is InChI=1S/C58H36N6/c59-35-38-23-25-39(26-24-38)56-54(63-50-21-9-7-17-46(50)48-29-27-42(33-52(48)63)44-19-11-31-61-57(44)40-13-3-1-4-14-40)36-60-37-55(56)64-51-22-10-8-18-47(51)49-30-28-43(34-53(49)64)45-20-12-32-62-58(45)41-15-5-2-6-16-41/h1-34,36-37H. The van der Waals surface area contributed by atoms with Crippen molar-refractivity contribution < 1.29 is 0 Å². The third-order valence-electron chi connectivity index (χ3n) is 12.4. The predicted molar refractivity (Wildman–Crippen MR) is 260 cm³/mol. The number of para-hydroxylation sites is 2. The van der Waals surface area contributed by atoms with Gasteiger partial charge in [-0.1, -0.05) is 146 Å². The Morgan fingerprint density at radius 2 is 0.812 bits per heavy atom. The molecular formula is C58H36N6. The largest absolute Gasteiger partial charge is 0.307 e. The first kappa shape index (κ1) is 36.9. The number of benzene rings is 7. The number of rotatable bonds is 7. The molecule has 0 bridgehead atoms. The lowest BCUT2D eigenvalue weighted by molar-refractivity contribution is 1.09. The van der Waals surface area contributed by atoms with Crippen molar-refractivity contribution in [2.45, 2.75) is 0 Å². The van der Waals surface area contributed by atoms with Crippen molar-refractivity contribution in [1.29, 1.82) is 5.26 Å². The van der Waals surface area contributed by atoms with Crippen LogP contribution in [0, 0.1) is 11.3 Å². The Balaban J connectivity index is 1.15. The molecule has 0 amide bonds. The monoisotopic (exact) mass is 816 g/mol. The molecular weight excluding hydrogens is 781 g/mol. The minimum Gasteiger partial charge on any atom is -0.307 e. The van der Waals surface area contributed by atoms with Gasteiger partial charge in [-0.2, -0.15) is 5.26 Å². The van der Waals surface area contributed by atoms with Gasteiger partial charge in [-0.15, -0.1) is 0 Å². The highest BCUT2D eigenvalue weighted by Crippen LogP contribution is 2.44. The Hall–Kier alpha value is -8.92. The molecule has 0 aliphatic rings. The van der Waals surface area contributed by atoms with Crippen LogP contribution in [0.2, 0.25) is 0 Å². The minimum absolute atomic E-state index is 0.597. The zero-order valence-corrected chi connectivity index (χ0v) is 34.5.